The highest BCUT2D eigenvalue weighted by Crippen LogP contribution is 2.42. The lowest BCUT2D eigenvalue weighted by Gasteiger charge is -2.26. The Morgan fingerprint density at radius 1 is 0.412 bits per heavy atom. The monoisotopic (exact) mass is 670 g/mol. The van der Waals surface area contributed by atoms with Gasteiger partial charge in [-0.05, 0) is 87.6 Å². The van der Waals surface area contributed by atoms with Crippen molar-refractivity contribution in [2.45, 2.75) is 0 Å². The van der Waals surface area contributed by atoms with Gasteiger partial charge in [-0.1, -0.05) is 121 Å². The van der Waals surface area contributed by atoms with E-state index in [1.807, 2.05) is 6.07 Å². The van der Waals surface area contributed by atoms with Crippen LogP contribution in [-0.4, -0.2) is 4.98 Å². The summed E-state index contributed by atoms with van der Waals surface area (Å²) in [6.07, 6.45) is 0. The molecule has 0 radical (unpaired) electrons. The molecule has 0 bridgehead atoms. The first-order valence-electron chi connectivity index (χ1n) is 17.1. The van der Waals surface area contributed by atoms with Gasteiger partial charge in [-0.15, -0.1) is 11.3 Å². The van der Waals surface area contributed by atoms with Gasteiger partial charge < -0.3 is 9.32 Å². The first kappa shape index (κ1) is 29.4. The molecule has 51 heavy (non-hydrogen) atoms. The fourth-order valence-electron chi connectivity index (χ4n) is 7.08. The molecule has 2 heterocycles. The highest BCUT2D eigenvalue weighted by Gasteiger charge is 2.18. The van der Waals surface area contributed by atoms with Crippen molar-refractivity contribution in [1.82, 2.24) is 4.98 Å². The SMILES string of the molecule is c1ccc(-c2ccc(N(c3ccc(-c4ccc5ccccc5c4)cc3)c3ccc4oc5cc6sc(-c7ccccc7)nc6cc5c4c3)cc2)cc1. The average Bonchev–Trinajstić information content (AvgIpc) is 3.78. The lowest BCUT2D eigenvalue weighted by Crippen LogP contribution is -2.09. The molecule has 4 heteroatoms. The van der Waals surface area contributed by atoms with Gasteiger partial charge in [0.05, 0.1) is 10.2 Å². The number of aromatic nitrogens is 1. The van der Waals surface area contributed by atoms with Crippen LogP contribution in [0.3, 0.4) is 0 Å². The van der Waals surface area contributed by atoms with E-state index < -0.39 is 0 Å². The van der Waals surface area contributed by atoms with Crippen LogP contribution >= 0.6 is 11.3 Å². The van der Waals surface area contributed by atoms with Crippen LogP contribution in [0.15, 0.2) is 186 Å². The molecule has 0 aliphatic carbocycles. The smallest absolute Gasteiger partial charge is 0.136 e. The predicted octanol–water partition coefficient (Wildman–Crippen LogP) is 13.8. The molecule has 0 aliphatic rings. The van der Waals surface area contributed by atoms with Gasteiger partial charge in [0, 0.05) is 39.5 Å². The molecule has 8 aromatic carbocycles. The number of furan rings is 1. The average molecular weight is 671 g/mol. The van der Waals surface area contributed by atoms with Gasteiger partial charge in [0.1, 0.15) is 16.2 Å². The summed E-state index contributed by atoms with van der Waals surface area (Å²) in [5.74, 6) is 0. The number of rotatable bonds is 6. The lowest BCUT2D eigenvalue weighted by molar-refractivity contribution is 0.669. The van der Waals surface area contributed by atoms with E-state index in [4.69, 9.17) is 9.40 Å². The molecule has 240 valence electrons. The van der Waals surface area contributed by atoms with Gasteiger partial charge in [0.15, 0.2) is 0 Å². The molecule has 0 saturated heterocycles. The second kappa shape index (κ2) is 12.1. The molecule has 0 aliphatic heterocycles. The summed E-state index contributed by atoms with van der Waals surface area (Å²) in [5, 5.41) is 5.64. The second-order valence-electron chi connectivity index (χ2n) is 12.8. The Morgan fingerprint density at radius 3 is 1.71 bits per heavy atom. The quantitative estimate of drug-likeness (QED) is 0.176. The predicted molar refractivity (Wildman–Crippen MR) is 215 cm³/mol. The van der Waals surface area contributed by atoms with Crippen LogP contribution in [0.1, 0.15) is 0 Å². The van der Waals surface area contributed by atoms with Crippen LogP contribution in [0.25, 0.3) is 75.8 Å². The van der Waals surface area contributed by atoms with Gasteiger partial charge in [-0.3, -0.25) is 0 Å². The number of hydrogen-bond donors (Lipinski definition) is 0. The maximum atomic E-state index is 6.44. The minimum Gasteiger partial charge on any atom is -0.456 e. The Balaban J connectivity index is 1.08. The standard InChI is InChI=1S/C47H30N2OS/c1-3-9-31(10-4-1)33-17-21-38(22-18-33)49(39-23-19-34(20-24-39)37-16-15-32-11-7-8-14-36(32)27-37)40-25-26-44-41(28-40)42-29-43-46(30-45(42)50-44)51-47(48-43)35-12-5-2-6-13-35/h1-30H. The van der Waals surface area contributed by atoms with Crippen molar-refractivity contribution in [3.05, 3.63) is 182 Å². The Hall–Kier alpha value is -6.49. The lowest BCUT2D eigenvalue weighted by atomic mass is 10.0. The van der Waals surface area contributed by atoms with Crippen molar-refractivity contribution in [2.75, 3.05) is 4.90 Å². The van der Waals surface area contributed by atoms with Crippen molar-refractivity contribution in [3.8, 4) is 32.8 Å². The molecular weight excluding hydrogens is 641 g/mol. The number of hydrogen-bond acceptors (Lipinski definition) is 4. The summed E-state index contributed by atoms with van der Waals surface area (Å²) < 4.78 is 7.56. The van der Waals surface area contributed by atoms with E-state index in [0.717, 1.165) is 59.8 Å². The van der Waals surface area contributed by atoms with Gasteiger partial charge >= 0.3 is 0 Å². The maximum Gasteiger partial charge on any atom is 0.136 e. The fourth-order valence-corrected chi connectivity index (χ4v) is 8.06. The van der Waals surface area contributed by atoms with E-state index in [1.54, 1.807) is 11.3 Å². The largest absolute Gasteiger partial charge is 0.456 e. The summed E-state index contributed by atoms with van der Waals surface area (Å²) in [6.45, 7) is 0. The normalized spacial score (nSPS) is 11.5. The minimum absolute atomic E-state index is 0.862. The molecule has 0 N–H and O–H groups in total. The maximum absolute atomic E-state index is 6.44. The van der Waals surface area contributed by atoms with E-state index in [-0.39, 0.29) is 0 Å². The second-order valence-corrected chi connectivity index (χ2v) is 13.9. The van der Waals surface area contributed by atoms with Gasteiger partial charge in [0.2, 0.25) is 0 Å². The molecule has 10 aromatic rings. The molecule has 0 amide bonds. The summed E-state index contributed by atoms with van der Waals surface area (Å²) in [6, 6.07) is 64.6. The molecule has 2 aromatic heterocycles. The Bertz CT molecular complexity index is 2840. The van der Waals surface area contributed by atoms with Crippen LogP contribution in [0.4, 0.5) is 17.1 Å². The Kier molecular flexibility index (Phi) is 7.00. The molecule has 3 nitrogen and oxygen atoms in total. The topological polar surface area (TPSA) is 29.3 Å². The third-order valence-corrected chi connectivity index (χ3v) is 10.8. The highest BCUT2D eigenvalue weighted by molar-refractivity contribution is 7.21. The fraction of sp³-hybridized carbons (Fsp3) is 0. The molecule has 0 fully saturated rings. The zero-order chi connectivity index (χ0) is 33.7. The number of nitrogens with zero attached hydrogens (tertiary/aromatic N) is 2. The van der Waals surface area contributed by atoms with Crippen molar-refractivity contribution in [3.63, 3.8) is 0 Å². The third kappa shape index (κ3) is 5.34. The van der Waals surface area contributed by atoms with Gasteiger partial charge in [-0.25, -0.2) is 4.98 Å². The van der Waals surface area contributed by atoms with Crippen LogP contribution in [0, 0.1) is 0 Å². The van der Waals surface area contributed by atoms with E-state index in [9.17, 15) is 0 Å². The van der Waals surface area contributed by atoms with Crippen LogP contribution in [0.2, 0.25) is 0 Å². The molecule has 0 atom stereocenters. The van der Waals surface area contributed by atoms with Crippen molar-refractivity contribution in [2.24, 2.45) is 0 Å². The highest BCUT2D eigenvalue weighted by atomic mass is 32.1. The van der Waals surface area contributed by atoms with Crippen molar-refractivity contribution >= 4 is 71.3 Å². The first-order valence-corrected chi connectivity index (χ1v) is 17.9. The molecule has 10 rings (SSSR count). The van der Waals surface area contributed by atoms with Crippen LogP contribution in [0.5, 0.6) is 0 Å². The zero-order valence-electron chi connectivity index (χ0n) is 27.5. The van der Waals surface area contributed by atoms with Crippen molar-refractivity contribution < 1.29 is 4.42 Å². The Labute approximate surface area is 299 Å². The zero-order valence-corrected chi connectivity index (χ0v) is 28.3. The van der Waals surface area contributed by atoms with Crippen LogP contribution in [-0.2, 0) is 0 Å². The summed E-state index contributed by atoms with van der Waals surface area (Å²) in [4.78, 5) is 7.35. The van der Waals surface area contributed by atoms with Gasteiger partial charge in [0.25, 0.3) is 0 Å². The van der Waals surface area contributed by atoms with E-state index in [1.165, 1.54) is 33.0 Å². The van der Waals surface area contributed by atoms with E-state index in [2.05, 4.69) is 181 Å². The third-order valence-electron chi connectivity index (χ3n) is 9.68. The number of anilines is 3. The molecule has 0 saturated carbocycles. The molecule has 0 spiro atoms. The Morgan fingerprint density at radius 2 is 0.980 bits per heavy atom. The van der Waals surface area contributed by atoms with Gasteiger partial charge in [-0.2, -0.15) is 0 Å². The first-order chi connectivity index (χ1) is 25.2. The molecule has 0 unspecified atom stereocenters. The minimum atomic E-state index is 0.862. The summed E-state index contributed by atoms with van der Waals surface area (Å²) in [5.41, 5.74) is 11.8. The summed E-state index contributed by atoms with van der Waals surface area (Å²) >= 11 is 1.70. The van der Waals surface area contributed by atoms with Crippen molar-refractivity contribution in [1.29, 1.82) is 0 Å². The number of thiazole rings is 1. The number of benzene rings is 8. The molecular formula is C47H30N2OS. The number of fused-ring (bicyclic) bond motifs is 5. The van der Waals surface area contributed by atoms with E-state index >= 15 is 0 Å². The van der Waals surface area contributed by atoms with Crippen LogP contribution < -0.4 is 4.90 Å². The van der Waals surface area contributed by atoms with E-state index in [0.29, 0.717) is 0 Å². The summed E-state index contributed by atoms with van der Waals surface area (Å²) in [7, 11) is 0.